The zero-order valence-electron chi connectivity index (χ0n) is 13.1. The van der Waals surface area contributed by atoms with E-state index in [0.29, 0.717) is 12.4 Å². The largest absolute Gasteiger partial charge is 0.494 e. The average molecular weight is 343 g/mol. The molecule has 0 bridgehead atoms. The second kappa shape index (κ2) is 7.29. The number of carbonyl (C=O) groups excluding carboxylic acids is 1. The molecule has 0 saturated carbocycles. The summed E-state index contributed by atoms with van der Waals surface area (Å²) in [5.74, 6) is -0.0928. The van der Waals surface area contributed by atoms with E-state index in [9.17, 15) is 18.3 Å². The Hall–Kier alpha value is -1.64. The van der Waals surface area contributed by atoms with Crippen LogP contribution in [0.5, 0.6) is 5.75 Å². The Kier molecular flexibility index (Phi) is 5.61. The van der Waals surface area contributed by atoms with Gasteiger partial charge in [-0.2, -0.15) is 4.31 Å². The standard InChI is InChI=1S/C15H21NO6S/c1-3-8-22-12-4-6-13(7-5-12)23(19,20)16-10-11(17)9-14(16)15(18)21-2/h4-7,11,14,17H,3,8-10H2,1-2H3/t11-,14-/m1/s1. The van der Waals surface area contributed by atoms with Gasteiger partial charge in [-0.15, -0.1) is 0 Å². The number of ether oxygens (including phenoxy) is 2. The van der Waals surface area contributed by atoms with Crippen molar-refractivity contribution in [3.05, 3.63) is 24.3 Å². The van der Waals surface area contributed by atoms with Gasteiger partial charge >= 0.3 is 5.97 Å². The molecule has 0 radical (unpaired) electrons. The zero-order valence-corrected chi connectivity index (χ0v) is 14.0. The molecule has 1 aliphatic rings. The molecule has 1 aromatic carbocycles. The Balaban J connectivity index is 2.24. The first kappa shape index (κ1) is 17.7. The number of hydrogen-bond acceptors (Lipinski definition) is 6. The van der Waals surface area contributed by atoms with Gasteiger partial charge in [0.05, 0.1) is 24.7 Å². The number of nitrogens with zero attached hydrogens (tertiary/aromatic N) is 1. The number of hydrogen-bond donors (Lipinski definition) is 1. The summed E-state index contributed by atoms with van der Waals surface area (Å²) in [4.78, 5) is 11.8. The van der Waals surface area contributed by atoms with Crippen molar-refractivity contribution in [3.63, 3.8) is 0 Å². The van der Waals surface area contributed by atoms with Crippen LogP contribution in [0, 0.1) is 0 Å². The molecule has 1 aromatic rings. The van der Waals surface area contributed by atoms with Crippen molar-refractivity contribution in [1.82, 2.24) is 4.31 Å². The number of methoxy groups -OCH3 is 1. The number of rotatable bonds is 6. The van der Waals surface area contributed by atoms with E-state index in [2.05, 4.69) is 4.74 Å². The van der Waals surface area contributed by atoms with Gasteiger partial charge in [0, 0.05) is 13.0 Å². The Morgan fingerprint density at radius 3 is 2.57 bits per heavy atom. The third-order valence-electron chi connectivity index (χ3n) is 3.61. The minimum absolute atomic E-state index is 0.0313. The second-order valence-corrected chi connectivity index (χ2v) is 7.21. The van der Waals surface area contributed by atoms with Gasteiger partial charge in [-0.05, 0) is 30.7 Å². The van der Waals surface area contributed by atoms with Crippen LogP contribution in [0.1, 0.15) is 19.8 Å². The minimum Gasteiger partial charge on any atom is -0.494 e. The van der Waals surface area contributed by atoms with Crippen molar-refractivity contribution in [2.24, 2.45) is 0 Å². The normalized spacial score (nSPS) is 22.0. The van der Waals surface area contributed by atoms with Gasteiger partial charge < -0.3 is 14.6 Å². The van der Waals surface area contributed by atoms with Crippen LogP contribution >= 0.6 is 0 Å². The van der Waals surface area contributed by atoms with Crippen LogP contribution in [0.25, 0.3) is 0 Å². The Labute approximate surface area is 135 Å². The summed E-state index contributed by atoms with van der Waals surface area (Å²) < 4.78 is 36.4. The predicted octanol–water partition coefficient (Wildman–Crippen LogP) is 0.772. The second-order valence-electron chi connectivity index (χ2n) is 5.32. The molecule has 1 fully saturated rings. The molecule has 1 aliphatic heterocycles. The molecule has 1 N–H and O–H groups in total. The van der Waals surface area contributed by atoms with Crippen LogP contribution in [0.15, 0.2) is 29.2 Å². The Morgan fingerprint density at radius 1 is 1.35 bits per heavy atom. The van der Waals surface area contributed by atoms with E-state index in [1.807, 2.05) is 6.92 Å². The van der Waals surface area contributed by atoms with Gasteiger partial charge in [0.2, 0.25) is 10.0 Å². The molecular formula is C15H21NO6S. The molecular weight excluding hydrogens is 322 g/mol. The minimum atomic E-state index is -3.90. The van der Waals surface area contributed by atoms with E-state index in [4.69, 9.17) is 4.74 Å². The fourth-order valence-corrected chi connectivity index (χ4v) is 4.09. The highest BCUT2D eigenvalue weighted by molar-refractivity contribution is 7.89. The molecule has 0 unspecified atom stereocenters. The van der Waals surface area contributed by atoms with Crippen LogP contribution in [-0.4, -0.2) is 56.2 Å². The number of sulfonamides is 1. The molecule has 1 saturated heterocycles. The lowest BCUT2D eigenvalue weighted by molar-refractivity contribution is -0.144. The predicted molar refractivity (Wildman–Crippen MR) is 82.5 cm³/mol. The highest BCUT2D eigenvalue weighted by Crippen LogP contribution is 2.28. The number of β-amino-alcohol motifs (C(OH)–C–C–N with tert-alkyl or cyclic N) is 1. The van der Waals surface area contributed by atoms with E-state index in [1.54, 1.807) is 12.1 Å². The lowest BCUT2D eigenvalue weighted by Crippen LogP contribution is -2.41. The van der Waals surface area contributed by atoms with Crippen molar-refractivity contribution in [3.8, 4) is 5.75 Å². The van der Waals surface area contributed by atoms with Crippen LogP contribution < -0.4 is 4.74 Å². The maximum atomic E-state index is 12.7. The van der Waals surface area contributed by atoms with Crippen molar-refractivity contribution in [2.75, 3.05) is 20.3 Å². The van der Waals surface area contributed by atoms with Gasteiger partial charge in [0.25, 0.3) is 0 Å². The van der Waals surface area contributed by atoms with Crippen molar-refractivity contribution in [1.29, 1.82) is 0 Å². The molecule has 0 aromatic heterocycles. The first-order valence-corrected chi connectivity index (χ1v) is 8.84. The highest BCUT2D eigenvalue weighted by Gasteiger charge is 2.44. The van der Waals surface area contributed by atoms with Gasteiger partial charge in [-0.25, -0.2) is 8.42 Å². The van der Waals surface area contributed by atoms with Crippen LogP contribution in [-0.2, 0) is 19.6 Å². The van der Waals surface area contributed by atoms with E-state index in [1.165, 1.54) is 19.2 Å². The number of aliphatic hydroxyl groups excluding tert-OH is 1. The number of aliphatic hydroxyl groups is 1. The quantitative estimate of drug-likeness (QED) is 0.767. The monoisotopic (exact) mass is 343 g/mol. The van der Waals surface area contributed by atoms with E-state index >= 15 is 0 Å². The maximum Gasteiger partial charge on any atom is 0.324 e. The first-order valence-electron chi connectivity index (χ1n) is 7.40. The van der Waals surface area contributed by atoms with E-state index in [-0.39, 0.29) is 17.9 Å². The van der Waals surface area contributed by atoms with E-state index in [0.717, 1.165) is 10.7 Å². The van der Waals surface area contributed by atoms with Crippen molar-refractivity contribution < 1.29 is 27.8 Å². The molecule has 2 rings (SSSR count). The summed E-state index contributed by atoms with van der Waals surface area (Å²) in [7, 11) is -2.70. The first-order chi connectivity index (χ1) is 10.9. The smallest absolute Gasteiger partial charge is 0.324 e. The SMILES string of the molecule is CCCOc1ccc(S(=O)(=O)N2C[C@H](O)C[C@@H]2C(=O)OC)cc1. The molecule has 128 valence electrons. The molecule has 2 atom stereocenters. The van der Waals surface area contributed by atoms with E-state index < -0.39 is 28.1 Å². The summed E-state index contributed by atoms with van der Waals surface area (Å²) in [5, 5.41) is 9.73. The molecule has 23 heavy (non-hydrogen) atoms. The summed E-state index contributed by atoms with van der Waals surface area (Å²) in [6.07, 6.45) is -0.00289. The summed E-state index contributed by atoms with van der Waals surface area (Å²) >= 11 is 0. The lowest BCUT2D eigenvalue weighted by atomic mass is 10.2. The number of benzene rings is 1. The maximum absolute atomic E-state index is 12.7. The van der Waals surface area contributed by atoms with Crippen molar-refractivity contribution in [2.45, 2.75) is 36.8 Å². The van der Waals surface area contributed by atoms with Crippen LogP contribution in [0.3, 0.4) is 0 Å². The highest BCUT2D eigenvalue weighted by atomic mass is 32.2. The van der Waals surface area contributed by atoms with Gasteiger partial charge in [0.1, 0.15) is 11.8 Å². The van der Waals surface area contributed by atoms with Gasteiger partial charge in [-0.3, -0.25) is 4.79 Å². The third-order valence-corrected chi connectivity index (χ3v) is 5.50. The lowest BCUT2D eigenvalue weighted by Gasteiger charge is -2.21. The van der Waals surface area contributed by atoms with Gasteiger partial charge in [0.15, 0.2) is 0 Å². The molecule has 0 aliphatic carbocycles. The summed E-state index contributed by atoms with van der Waals surface area (Å²) in [6.45, 7) is 2.40. The zero-order chi connectivity index (χ0) is 17.0. The molecule has 7 nitrogen and oxygen atoms in total. The topological polar surface area (TPSA) is 93.1 Å². The Bertz CT molecular complexity index is 642. The molecule has 8 heteroatoms. The molecule has 0 spiro atoms. The van der Waals surface area contributed by atoms with Crippen molar-refractivity contribution >= 4 is 16.0 Å². The number of esters is 1. The third kappa shape index (κ3) is 3.82. The summed E-state index contributed by atoms with van der Waals surface area (Å²) in [5.41, 5.74) is 0. The fourth-order valence-electron chi connectivity index (χ4n) is 2.46. The number of carbonyl (C=O) groups is 1. The fraction of sp³-hybridized carbons (Fsp3) is 0.533. The van der Waals surface area contributed by atoms with Crippen LogP contribution in [0.4, 0.5) is 0 Å². The van der Waals surface area contributed by atoms with Gasteiger partial charge in [-0.1, -0.05) is 6.92 Å². The molecule has 1 heterocycles. The van der Waals surface area contributed by atoms with Crippen LogP contribution in [0.2, 0.25) is 0 Å². The average Bonchev–Trinajstić information content (AvgIpc) is 2.95. The summed E-state index contributed by atoms with van der Waals surface area (Å²) in [6, 6.07) is 5.00. The Morgan fingerprint density at radius 2 is 2.00 bits per heavy atom. The molecule has 0 amide bonds.